The number of pyridine rings is 2. The fourth-order valence-electron chi connectivity index (χ4n) is 3.75. The van der Waals surface area contributed by atoms with Crippen LogP contribution in [0.1, 0.15) is 24.4 Å². The molecule has 0 bridgehead atoms. The zero-order valence-electron chi connectivity index (χ0n) is 16.0. The second-order valence-corrected chi connectivity index (χ2v) is 7.74. The molecule has 0 radical (unpaired) electrons. The molecule has 3 heterocycles. The van der Waals surface area contributed by atoms with Crippen molar-refractivity contribution in [2.45, 2.75) is 18.9 Å². The van der Waals surface area contributed by atoms with Gasteiger partial charge in [0.1, 0.15) is 5.75 Å². The molecule has 0 spiro atoms. The smallest absolute Gasteiger partial charge is 0.322 e. The van der Waals surface area contributed by atoms with Gasteiger partial charge in [-0.1, -0.05) is 15.9 Å². The number of hydrogen-bond acceptors (Lipinski definition) is 4. The van der Waals surface area contributed by atoms with Crippen molar-refractivity contribution in [1.29, 1.82) is 0 Å². The highest BCUT2D eigenvalue weighted by Gasteiger charge is 2.32. The molecule has 2 aromatic heterocycles. The number of anilines is 1. The van der Waals surface area contributed by atoms with E-state index in [0.29, 0.717) is 6.54 Å². The standard InChI is InChI=1S/C22H21BrN4O2/c1-29-21-5-4-16(23)13-17(21)20-3-2-12-27(20)22(28)26-19-8-11-25-14-18(19)15-6-9-24-10-7-15/h4-11,13-14,20H,2-3,12H2,1H3,(H,25,26,28). The maximum absolute atomic E-state index is 13.2. The lowest BCUT2D eigenvalue weighted by Gasteiger charge is -2.27. The first-order chi connectivity index (χ1) is 14.2. The van der Waals surface area contributed by atoms with Crippen LogP contribution >= 0.6 is 15.9 Å². The van der Waals surface area contributed by atoms with Gasteiger partial charge in [0.15, 0.2) is 0 Å². The molecule has 2 amide bonds. The third-order valence-corrected chi connectivity index (χ3v) is 5.61. The number of carbonyl (C=O) groups excluding carboxylic acids is 1. The van der Waals surface area contributed by atoms with Crippen LogP contribution in [0.2, 0.25) is 0 Å². The van der Waals surface area contributed by atoms with Gasteiger partial charge in [-0.3, -0.25) is 9.97 Å². The van der Waals surface area contributed by atoms with Crippen LogP contribution in [0, 0.1) is 0 Å². The summed E-state index contributed by atoms with van der Waals surface area (Å²) in [4.78, 5) is 23.3. The van der Waals surface area contributed by atoms with Gasteiger partial charge >= 0.3 is 6.03 Å². The quantitative estimate of drug-likeness (QED) is 0.584. The number of urea groups is 1. The van der Waals surface area contributed by atoms with Gasteiger partial charge in [-0.05, 0) is 54.8 Å². The van der Waals surface area contributed by atoms with Crippen LogP contribution in [0.5, 0.6) is 5.75 Å². The summed E-state index contributed by atoms with van der Waals surface area (Å²) in [5.41, 5.74) is 3.55. The SMILES string of the molecule is COc1ccc(Br)cc1C1CCCN1C(=O)Nc1ccncc1-c1ccncc1. The summed E-state index contributed by atoms with van der Waals surface area (Å²) in [6.45, 7) is 0.696. The molecule has 4 rings (SSSR count). The zero-order valence-corrected chi connectivity index (χ0v) is 17.6. The Morgan fingerprint density at radius 2 is 1.97 bits per heavy atom. The summed E-state index contributed by atoms with van der Waals surface area (Å²) >= 11 is 3.53. The highest BCUT2D eigenvalue weighted by molar-refractivity contribution is 9.10. The van der Waals surface area contributed by atoms with E-state index in [1.807, 2.05) is 41.3 Å². The summed E-state index contributed by atoms with van der Waals surface area (Å²) in [5, 5.41) is 3.08. The second-order valence-electron chi connectivity index (χ2n) is 6.82. The molecule has 1 unspecified atom stereocenters. The molecule has 1 atom stereocenters. The van der Waals surface area contributed by atoms with Crippen LogP contribution in [0.4, 0.5) is 10.5 Å². The largest absolute Gasteiger partial charge is 0.496 e. The van der Waals surface area contributed by atoms with Gasteiger partial charge < -0.3 is 15.0 Å². The molecular weight excluding hydrogens is 432 g/mol. The first-order valence-corrected chi connectivity index (χ1v) is 10.2. The Morgan fingerprint density at radius 1 is 1.17 bits per heavy atom. The van der Waals surface area contributed by atoms with Crippen molar-refractivity contribution in [2.75, 3.05) is 19.0 Å². The number of likely N-dealkylation sites (tertiary alicyclic amines) is 1. The summed E-state index contributed by atoms with van der Waals surface area (Å²) in [6, 6.07) is 11.4. The van der Waals surface area contributed by atoms with Crippen LogP contribution in [0.15, 0.2) is 65.7 Å². The lowest BCUT2D eigenvalue weighted by molar-refractivity contribution is 0.206. The Hall–Kier alpha value is -2.93. The second kappa shape index (κ2) is 8.61. The van der Waals surface area contributed by atoms with Gasteiger partial charge in [0.2, 0.25) is 0 Å². The number of aromatic nitrogens is 2. The number of nitrogens with zero attached hydrogens (tertiary/aromatic N) is 3. The van der Waals surface area contributed by atoms with Crippen LogP contribution in [0.25, 0.3) is 11.1 Å². The van der Waals surface area contributed by atoms with Gasteiger partial charge in [-0.25, -0.2) is 4.79 Å². The van der Waals surface area contributed by atoms with E-state index in [0.717, 1.165) is 45.4 Å². The minimum absolute atomic E-state index is 0.0336. The van der Waals surface area contributed by atoms with E-state index in [9.17, 15) is 4.79 Å². The lowest BCUT2D eigenvalue weighted by Crippen LogP contribution is -2.34. The zero-order chi connectivity index (χ0) is 20.2. The number of nitrogens with one attached hydrogen (secondary N) is 1. The Balaban J connectivity index is 1.60. The molecule has 1 aromatic carbocycles. The van der Waals surface area contributed by atoms with Gasteiger partial charge in [-0.2, -0.15) is 0 Å². The Kier molecular flexibility index (Phi) is 5.76. The molecule has 0 saturated carbocycles. The van der Waals surface area contributed by atoms with Crippen molar-refractivity contribution >= 4 is 27.6 Å². The summed E-state index contributed by atoms with van der Waals surface area (Å²) in [5.74, 6) is 0.791. The minimum atomic E-state index is -0.129. The van der Waals surface area contributed by atoms with E-state index in [2.05, 4.69) is 31.2 Å². The Bertz CT molecular complexity index is 1010. The monoisotopic (exact) mass is 452 g/mol. The number of amides is 2. The van der Waals surface area contributed by atoms with E-state index < -0.39 is 0 Å². The van der Waals surface area contributed by atoms with Crippen molar-refractivity contribution in [3.63, 3.8) is 0 Å². The van der Waals surface area contributed by atoms with Crippen LogP contribution in [-0.4, -0.2) is 34.6 Å². The van der Waals surface area contributed by atoms with E-state index in [1.54, 1.807) is 31.9 Å². The van der Waals surface area contributed by atoms with E-state index >= 15 is 0 Å². The summed E-state index contributed by atoms with van der Waals surface area (Å²) in [7, 11) is 1.66. The maximum atomic E-state index is 13.2. The van der Waals surface area contributed by atoms with Crippen LogP contribution in [0.3, 0.4) is 0 Å². The number of benzene rings is 1. The molecule has 29 heavy (non-hydrogen) atoms. The Labute approximate surface area is 178 Å². The molecule has 148 valence electrons. The molecule has 6 nitrogen and oxygen atoms in total. The average molecular weight is 453 g/mol. The third-order valence-electron chi connectivity index (χ3n) is 5.12. The van der Waals surface area contributed by atoms with Crippen LogP contribution in [-0.2, 0) is 0 Å². The highest BCUT2D eigenvalue weighted by atomic mass is 79.9. The molecular formula is C22H21BrN4O2. The van der Waals surface area contributed by atoms with Crippen molar-refractivity contribution in [2.24, 2.45) is 0 Å². The van der Waals surface area contributed by atoms with Gasteiger partial charge in [-0.15, -0.1) is 0 Å². The summed E-state index contributed by atoms with van der Waals surface area (Å²) < 4.78 is 6.51. The first kappa shape index (κ1) is 19.4. The number of carbonyl (C=O) groups is 1. The highest BCUT2D eigenvalue weighted by Crippen LogP contribution is 2.39. The molecule has 1 aliphatic heterocycles. The minimum Gasteiger partial charge on any atom is -0.496 e. The van der Waals surface area contributed by atoms with Crippen molar-refractivity contribution in [3.05, 3.63) is 71.2 Å². The predicted octanol–water partition coefficient (Wildman–Crippen LogP) is 5.28. The van der Waals surface area contributed by atoms with Gasteiger partial charge in [0.25, 0.3) is 0 Å². The number of ether oxygens (including phenoxy) is 1. The van der Waals surface area contributed by atoms with Crippen molar-refractivity contribution in [3.8, 4) is 16.9 Å². The number of hydrogen-bond donors (Lipinski definition) is 1. The van der Waals surface area contributed by atoms with E-state index in [1.165, 1.54) is 0 Å². The summed E-state index contributed by atoms with van der Waals surface area (Å²) in [6.07, 6.45) is 8.73. The number of halogens is 1. The van der Waals surface area contributed by atoms with E-state index in [-0.39, 0.29) is 12.1 Å². The molecule has 1 aliphatic rings. The van der Waals surface area contributed by atoms with E-state index in [4.69, 9.17) is 4.74 Å². The molecule has 7 heteroatoms. The molecule has 0 aliphatic carbocycles. The molecule has 1 fully saturated rings. The average Bonchev–Trinajstić information content (AvgIpc) is 3.25. The first-order valence-electron chi connectivity index (χ1n) is 9.43. The molecule has 3 aromatic rings. The fraction of sp³-hybridized carbons (Fsp3) is 0.227. The van der Waals surface area contributed by atoms with Gasteiger partial charge in [0, 0.05) is 46.9 Å². The predicted molar refractivity (Wildman–Crippen MR) is 116 cm³/mol. The third kappa shape index (κ3) is 4.10. The van der Waals surface area contributed by atoms with Crippen molar-refractivity contribution < 1.29 is 9.53 Å². The van der Waals surface area contributed by atoms with Crippen LogP contribution < -0.4 is 10.1 Å². The number of rotatable bonds is 4. The lowest BCUT2D eigenvalue weighted by atomic mass is 10.0. The fourth-order valence-corrected chi connectivity index (χ4v) is 4.13. The van der Waals surface area contributed by atoms with Crippen molar-refractivity contribution in [1.82, 2.24) is 14.9 Å². The van der Waals surface area contributed by atoms with Gasteiger partial charge in [0.05, 0.1) is 18.8 Å². The molecule has 1 N–H and O–H groups in total. The normalized spacial score (nSPS) is 15.9. The Morgan fingerprint density at radius 3 is 2.76 bits per heavy atom. The molecule has 1 saturated heterocycles. The maximum Gasteiger partial charge on any atom is 0.322 e. The topological polar surface area (TPSA) is 67.3 Å². The number of methoxy groups -OCH3 is 1.